The van der Waals surface area contributed by atoms with E-state index in [-0.39, 0.29) is 5.97 Å². The number of carbonyl (C=O) groups is 1. The Morgan fingerprint density at radius 2 is 2.00 bits per heavy atom. The van der Waals surface area contributed by atoms with Crippen LogP contribution in [0.15, 0.2) is 11.6 Å². The van der Waals surface area contributed by atoms with Gasteiger partial charge in [-0.3, -0.25) is 0 Å². The Hall–Kier alpha value is -0.790. The predicted molar refractivity (Wildman–Crippen MR) is 59.1 cm³/mol. The van der Waals surface area contributed by atoms with E-state index in [1.54, 1.807) is 6.08 Å². The molecule has 0 aromatic rings. The molecule has 1 atom stereocenters. The highest BCUT2D eigenvalue weighted by Crippen LogP contribution is 2.15. The van der Waals surface area contributed by atoms with Crippen LogP contribution in [-0.4, -0.2) is 12.6 Å². The highest BCUT2D eigenvalue weighted by molar-refractivity contribution is 5.82. The summed E-state index contributed by atoms with van der Waals surface area (Å²) in [5.41, 5.74) is 1.12. The summed E-state index contributed by atoms with van der Waals surface area (Å²) in [6.07, 6.45) is 4.78. The quantitative estimate of drug-likeness (QED) is 0.483. The summed E-state index contributed by atoms with van der Waals surface area (Å²) in [5.74, 6) is 0.279. The topological polar surface area (TPSA) is 26.3 Å². The summed E-state index contributed by atoms with van der Waals surface area (Å²) < 4.78 is 4.97. The molecule has 1 unspecified atom stereocenters. The maximum atomic E-state index is 11.2. The van der Waals surface area contributed by atoms with Crippen molar-refractivity contribution in [3.63, 3.8) is 0 Å². The normalized spacial score (nSPS) is 13.9. The molecule has 2 nitrogen and oxygen atoms in total. The third-order valence-corrected chi connectivity index (χ3v) is 2.29. The zero-order valence-electron chi connectivity index (χ0n) is 9.80. The summed E-state index contributed by atoms with van der Waals surface area (Å²) in [5, 5.41) is 0. The molecule has 0 aromatic heterocycles. The maximum absolute atomic E-state index is 11.2. The molecule has 0 saturated heterocycles. The Morgan fingerprint density at radius 1 is 1.36 bits per heavy atom. The van der Waals surface area contributed by atoms with Gasteiger partial charge in [-0.05, 0) is 25.7 Å². The summed E-state index contributed by atoms with van der Waals surface area (Å²) in [4.78, 5) is 11.2. The average Bonchev–Trinajstić information content (AvgIpc) is 2.15. The first kappa shape index (κ1) is 13.2. The van der Waals surface area contributed by atoms with E-state index in [0.717, 1.165) is 24.8 Å². The molecule has 0 bridgehead atoms. The molecule has 0 rings (SSSR count). The fraction of sp³-hybridized carbons (Fsp3) is 0.750. The van der Waals surface area contributed by atoms with Gasteiger partial charge in [0.05, 0.1) is 6.61 Å². The van der Waals surface area contributed by atoms with Gasteiger partial charge in [-0.2, -0.15) is 0 Å². The molecule has 0 aliphatic rings. The van der Waals surface area contributed by atoms with Gasteiger partial charge < -0.3 is 4.74 Å². The molecular formula is C12H22O2. The second-order valence-corrected chi connectivity index (χ2v) is 3.75. The Bertz CT molecular complexity index is 194. The number of esters is 1. The minimum Gasteiger partial charge on any atom is -0.463 e. The lowest BCUT2D eigenvalue weighted by Crippen LogP contribution is -2.05. The molecular weight excluding hydrogens is 176 g/mol. The summed E-state index contributed by atoms with van der Waals surface area (Å²) in [6.45, 7) is 8.80. The van der Waals surface area contributed by atoms with Crippen molar-refractivity contribution in [3.05, 3.63) is 11.6 Å². The molecule has 0 radical (unpaired) electrons. The highest BCUT2D eigenvalue weighted by atomic mass is 16.5. The van der Waals surface area contributed by atoms with Gasteiger partial charge in [0.25, 0.3) is 0 Å². The van der Waals surface area contributed by atoms with E-state index in [0.29, 0.717) is 12.5 Å². The van der Waals surface area contributed by atoms with Gasteiger partial charge in [0, 0.05) is 6.08 Å². The molecule has 0 aromatic carbocycles. The van der Waals surface area contributed by atoms with Crippen LogP contribution < -0.4 is 0 Å². The minimum absolute atomic E-state index is 0.202. The number of allylic oxidation sites excluding steroid dienone is 1. The van der Waals surface area contributed by atoms with Crippen LogP contribution in [0.25, 0.3) is 0 Å². The molecule has 0 heterocycles. The first-order chi connectivity index (χ1) is 6.61. The average molecular weight is 198 g/mol. The number of ether oxygens (including phenoxy) is 1. The molecule has 2 heteroatoms. The van der Waals surface area contributed by atoms with Crippen LogP contribution in [0.1, 0.15) is 47.0 Å². The standard InChI is InChI=1S/C12H22O2/c1-5-7-10(3)11(4)9-12(13)14-8-6-2/h9-10H,5-8H2,1-4H3/b11-9+. The third kappa shape index (κ3) is 5.79. The van der Waals surface area contributed by atoms with Gasteiger partial charge in [-0.1, -0.05) is 32.8 Å². The van der Waals surface area contributed by atoms with Crippen LogP contribution in [-0.2, 0) is 9.53 Å². The van der Waals surface area contributed by atoms with Crippen LogP contribution >= 0.6 is 0 Å². The first-order valence-electron chi connectivity index (χ1n) is 5.46. The van der Waals surface area contributed by atoms with Crippen molar-refractivity contribution in [1.82, 2.24) is 0 Å². The van der Waals surface area contributed by atoms with Gasteiger partial charge in [0.2, 0.25) is 0 Å². The van der Waals surface area contributed by atoms with Gasteiger partial charge in [-0.15, -0.1) is 0 Å². The van der Waals surface area contributed by atoms with Crippen molar-refractivity contribution in [1.29, 1.82) is 0 Å². The lowest BCUT2D eigenvalue weighted by molar-refractivity contribution is -0.137. The van der Waals surface area contributed by atoms with E-state index < -0.39 is 0 Å². The Morgan fingerprint density at radius 3 is 2.50 bits per heavy atom. The Balaban J connectivity index is 4.00. The van der Waals surface area contributed by atoms with E-state index in [2.05, 4.69) is 13.8 Å². The zero-order valence-corrected chi connectivity index (χ0v) is 9.80. The monoisotopic (exact) mass is 198 g/mol. The van der Waals surface area contributed by atoms with Gasteiger partial charge in [0.1, 0.15) is 0 Å². The molecule has 0 spiro atoms. The second-order valence-electron chi connectivity index (χ2n) is 3.75. The highest BCUT2D eigenvalue weighted by Gasteiger charge is 2.05. The van der Waals surface area contributed by atoms with Gasteiger partial charge >= 0.3 is 5.97 Å². The van der Waals surface area contributed by atoms with E-state index in [1.165, 1.54) is 0 Å². The largest absolute Gasteiger partial charge is 0.463 e. The van der Waals surface area contributed by atoms with Crippen LogP contribution in [0.4, 0.5) is 0 Å². The van der Waals surface area contributed by atoms with Crippen molar-refractivity contribution < 1.29 is 9.53 Å². The molecule has 14 heavy (non-hydrogen) atoms. The van der Waals surface area contributed by atoms with Crippen molar-refractivity contribution >= 4 is 5.97 Å². The fourth-order valence-corrected chi connectivity index (χ4v) is 1.23. The predicted octanol–water partition coefficient (Wildman–Crippen LogP) is 3.32. The fourth-order valence-electron chi connectivity index (χ4n) is 1.23. The SMILES string of the molecule is CCCOC(=O)/C=C(\C)C(C)CCC. The Labute approximate surface area is 87.3 Å². The van der Waals surface area contributed by atoms with Crippen molar-refractivity contribution in [2.45, 2.75) is 47.0 Å². The molecule has 0 aliphatic heterocycles. The molecule has 0 amide bonds. The van der Waals surface area contributed by atoms with Crippen LogP contribution in [0, 0.1) is 5.92 Å². The van der Waals surface area contributed by atoms with Crippen LogP contribution in [0.5, 0.6) is 0 Å². The molecule has 0 saturated carbocycles. The van der Waals surface area contributed by atoms with E-state index in [9.17, 15) is 4.79 Å². The number of hydrogen-bond donors (Lipinski definition) is 0. The second kappa shape index (κ2) is 7.60. The molecule has 82 valence electrons. The number of rotatable bonds is 6. The number of carbonyl (C=O) groups excluding carboxylic acids is 1. The third-order valence-electron chi connectivity index (χ3n) is 2.29. The van der Waals surface area contributed by atoms with E-state index in [4.69, 9.17) is 4.74 Å². The lowest BCUT2D eigenvalue weighted by Gasteiger charge is -2.10. The number of hydrogen-bond acceptors (Lipinski definition) is 2. The van der Waals surface area contributed by atoms with E-state index >= 15 is 0 Å². The summed E-state index contributed by atoms with van der Waals surface area (Å²) in [6, 6.07) is 0. The van der Waals surface area contributed by atoms with E-state index in [1.807, 2.05) is 13.8 Å². The Kier molecular flexibility index (Phi) is 7.17. The summed E-state index contributed by atoms with van der Waals surface area (Å²) in [7, 11) is 0. The zero-order chi connectivity index (χ0) is 11.0. The first-order valence-corrected chi connectivity index (χ1v) is 5.46. The van der Waals surface area contributed by atoms with Gasteiger partial charge in [0.15, 0.2) is 0 Å². The molecule has 0 fully saturated rings. The van der Waals surface area contributed by atoms with Gasteiger partial charge in [-0.25, -0.2) is 4.79 Å². The van der Waals surface area contributed by atoms with Crippen LogP contribution in [0.3, 0.4) is 0 Å². The van der Waals surface area contributed by atoms with Crippen LogP contribution in [0.2, 0.25) is 0 Å². The lowest BCUT2D eigenvalue weighted by atomic mass is 9.97. The van der Waals surface area contributed by atoms with Crippen molar-refractivity contribution in [3.8, 4) is 0 Å². The molecule has 0 N–H and O–H groups in total. The van der Waals surface area contributed by atoms with Crippen molar-refractivity contribution in [2.75, 3.05) is 6.61 Å². The molecule has 0 aliphatic carbocycles. The summed E-state index contributed by atoms with van der Waals surface area (Å²) >= 11 is 0. The maximum Gasteiger partial charge on any atom is 0.330 e. The smallest absolute Gasteiger partial charge is 0.330 e. The minimum atomic E-state index is -0.202. The van der Waals surface area contributed by atoms with Crippen molar-refractivity contribution in [2.24, 2.45) is 5.92 Å².